The molecule has 8 amide bonds. The van der Waals surface area contributed by atoms with Gasteiger partial charge in [0, 0.05) is 53.4 Å². The number of hydrogen-bond acceptors (Lipinski definition) is 17. The minimum Gasteiger partial charge on any atom is -0.508 e. The zero-order chi connectivity index (χ0) is 57.6. The highest BCUT2D eigenvalue weighted by Crippen LogP contribution is 2.30. The molecule has 3 aromatic carbocycles. The van der Waals surface area contributed by atoms with Crippen molar-refractivity contribution in [2.45, 2.75) is 111 Å². The molecular weight excluding hydrogens is 1100 g/mol. The summed E-state index contributed by atoms with van der Waals surface area (Å²) in [5.41, 5.74) is 20.6. The molecule has 1 aliphatic heterocycles. The second kappa shape index (κ2) is 31.8. The molecule has 0 bridgehead atoms. The Morgan fingerprint density at radius 3 is 2.11 bits per heavy atom. The van der Waals surface area contributed by atoms with Crippen molar-refractivity contribution in [3.05, 3.63) is 126 Å². The Labute approximate surface area is 478 Å². The van der Waals surface area contributed by atoms with Crippen molar-refractivity contribution in [1.29, 1.82) is 0 Å². The number of phenolic OH excluding ortho intramolecular Hbond substituents is 1. The number of nitrogens with one attached hydrogen (secondary N) is 8. The van der Waals surface area contributed by atoms with Crippen LogP contribution in [0.15, 0.2) is 114 Å². The van der Waals surface area contributed by atoms with E-state index >= 15 is 0 Å². The first-order chi connectivity index (χ1) is 38.5. The van der Waals surface area contributed by atoms with E-state index in [-0.39, 0.29) is 48.7 Å². The topological polar surface area (TPSA) is 368 Å². The van der Waals surface area contributed by atoms with E-state index in [0.717, 1.165) is 38.1 Å². The zero-order valence-corrected chi connectivity index (χ0v) is 47.1. The zero-order valence-electron chi connectivity index (χ0n) is 43.8. The number of phenols is 1. The molecule has 0 spiro atoms. The van der Waals surface area contributed by atoms with E-state index in [9.17, 15) is 48.6 Å². The predicted molar refractivity (Wildman–Crippen MR) is 311 cm³/mol. The van der Waals surface area contributed by atoms with E-state index < -0.39 is 102 Å². The number of aromatic amines is 1. The fraction of sp³-hybridized carbons (Fsp3) is 0.389. The van der Waals surface area contributed by atoms with Crippen LogP contribution in [0.5, 0.6) is 5.75 Å². The Balaban J connectivity index is 1.38. The number of aromatic nitrogens is 2. The molecule has 3 heterocycles. The van der Waals surface area contributed by atoms with Crippen LogP contribution in [0.1, 0.15) is 49.3 Å². The first kappa shape index (κ1) is 62.4. The number of benzene rings is 3. The van der Waals surface area contributed by atoms with Gasteiger partial charge in [0.2, 0.25) is 47.3 Å². The number of pyridine rings is 1. The summed E-state index contributed by atoms with van der Waals surface area (Å²) in [6, 6.07) is 16.4. The van der Waals surface area contributed by atoms with Gasteiger partial charge in [-0.05, 0) is 90.5 Å². The smallest absolute Gasteiger partial charge is 0.245 e. The summed E-state index contributed by atoms with van der Waals surface area (Å²) < 4.78 is 0. The van der Waals surface area contributed by atoms with Crippen molar-refractivity contribution in [2.75, 3.05) is 23.8 Å². The molecule has 1 fully saturated rings. The summed E-state index contributed by atoms with van der Waals surface area (Å²) >= 11 is 0. The first-order valence-corrected chi connectivity index (χ1v) is 30.7. The molecule has 0 saturated carbocycles. The Bertz CT molecular complexity index is 2870. The number of nitrogens with two attached hydrogens (primary N) is 3. The number of aliphatic hydroxyl groups is 1. The number of hydrogen-bond donors (Lipinski definition) is 13. The van der Waals surface area contributed by atoms with Gasteiger partial charge in [-0.3, -0.25) is 38.4 Å². The maximum Gasteiger partial charge on any atom is 0.245 e. The molecule has 1 saturated heterocycles. The van der Waals surface area contributed by atoms with Crippen molar-refractivity contribution >= 4 is 101 Å². The third-order valence-corrected chi connectivity index (χ3v) is 17.5. The van der Waals surface area contributed by atoms with Gasteiger partial charge in [0.25, 0.3) is 0 Å². The predicted octanol–water partition coefficient (Wildman–Crippen LogP) is 1.24. The van der Waals surface area contributed by atoms with Gasteiger partial charge in [0.05, 0.1) is 12.1 Å². The number of para-hydroxylation sites is 1. The molecule has 80 heavy (non-hydrogen) atoms. The average molecular weight is 1170 g/mol. The fourth-order valence-corrected chi connectivity index (χ4v) is 12.8. The maximum absolute atomic E-state index is 14.9. The molecule has 22 nitrogen and oxygen atoms in total. The summed E-state index contributed by atoms with van der Waals surface area (Å²) in [6.45, 7) is 1.61. The summed E-state index contributed by atoms with van der Waals surface area (Å²) in [5, 5.41) is 41.5. The number of nitrogens with zero attached hydrogens (tertiary/aromatic N) is 1. The van der Waals surface area contributed by atoms with Crippen LogP contribution in [0.25, 0.3) is 10.9 Å². The van der Waals surface area contributed by atoms with Gasteiger partial charge >= 0.3 is 0 Å². The van der Waals surface area contributed by atoms with Crippen LogP contribution in [-0.4, -0.2) is 146 Å². The number of carbonyl (C=O) groups excluding carboxylic acids is 8. The van der Waals surface area contributed by atoms with Crippen molar-refractivity contribution in [2.24, 2.45) is 17.2 Å². The monoisotopic (exact) mass is 1170 g/mol. The second-order valence-corrected chi connectivity index (χ2v) is 23.9. The third-order valence-electron chi connectivity index (χ3n) is 12.8. The number of carbonyl (C=O) groups is 8. The van der Waals surface area contributed by atoms with Gasteiger partial charge in [0.1, 0.15) is 53.1 Å². The lowest BCUT2D eigenvalue weighted by molar-refractivity contribution is -0.136. The Hall–Kier alpha value is -6.81. The van der Waals surface area contributed by atoms with Gasteiger partial charge in [-0.1, -0.05) is 112 Å². The van der Waals surface area contributed by atoms with Gasteiger partial charge < -0.3 is 69.6 Å². The van der Waals surface area contributed by atoms with Crippen LogP contribution < -0.4 is 54.4 Å². The first-order valence-electron chi connectivity index (χ1n) is 25.9. The van der Waals surface area contributed by atoms with Gasteiger partial charge in [-0.25, -0.2) is 4.98 Å². The van der Waals surface area contributed by atoms with Crippen LogP contribution in [0.2, 0.25) is 0 Å². The summed E-state index contributed by atoms with van der Waals surface area (Å²) in [5.74, 6) is -7.27. The molecule has 0 radical (unpaired) electrons. The fourth-order valence-electron chi connectivity index (χ4n) is 8.35. The van der Waals surface area contributed by atoms with Gasteiger partial charge in [-0.15, -0.1) is 0 Å². The van der Waals surface area contributed by atoms with Crippen LogP contribution in [0, 0.1) is 0 Å². The summed E-state index contributed by atoms with van der Waals surface area (Å²) in [6.07, 6.45) is 3.13. The van der Waals surface area contributed by atoms with Crippen LogP contribution in [-0.2, 0) is 57.6 Å². The SMILES string of the molecule is C[C@@H](O)[C@@H]1NC(=O)[C@H](CCCCCN)NC(=O)[C@@H](Cc2c[nH]c3ccccc23)NC(=O)[C@H](Cc2ccc(O)cc2)NC(=O)[C@@H](NC(=O)[C@H](N)Cc2ccccc2)CSSC[C@@H](C(=O)N[C@@H](CSSc2ccccn2)C(N)=O)NC1=O. The minimum absolute atomic E-state index is 0.00703. The Kier molecular flexibility index (Phi) is 24.8. The number of primary amides is 1. The van der Waals surface area contributed by atoms with Gasteiger partial charge in [-0.2, -0.15) is 0 Å². The lowest BCUT2D eigenvalue weighted by Gasteiger charge is -2.29. The molecule has 1 aliphatic rings. The molecule has 0 unspecified atom stereocenters. The van der Waals surface area contributed by atoms with Crippen molar-refractivity contribution in [1.82, 2.24) is 47.2 Å². The van der Waals surface area contributed by atoms with Crippen molar-refractivity contribution in [3.63, 3.8) is 0 Å². The summed E-state index contributed by atoms with van der Waals surface area (Å²) in [7, 11) is 4.45. The lowest BCUT2D eigenvalue weighted by Crippen LogP contribution is -2.62. The molecule has 6 rings (SSSR count). The second-order valence-electron chi connectivity index (χ2n) is 19.0. The highest BCUT2D eigenvalue weighted by atomic mass is 33.1. The number of amides is 8. The van der Waals surface area contributed by atoms with E-state index in [2.05, 4.69) is 47.2 Å². The average Bonchev–Trinajstić information content (AvgIpc) is 3.85. The van der Waals surface area contributed by atoms with E-state index in [1.807, 2.05) is 30.3 Å². The number of rotatable bonds is 21. The molecule has 2 aromatic heterocycles. The normalized spacial score (nSPS) is 21.1. The molecule has 26 heteroatoms. The quantitative estimate of drug-likeness (QED) is 0.0363. The molecule has 428 valence electrons. The summed E-state index contributed by atoms with van der Waals surface area (Å²) in [4.78, 5) is 121. The van der Waals surface area contributed by atoms with Crippen molar-refractivity contribution in [3.8, 4) is 5.75 Å². The van der Waals surface area contributed by atoms with E-state index in [0.29, 0.717) is 42.0 Å². The maximum atomic E-state index is 14.9. The molecule has 5 aromatic rings. The standard InChI is InChI=1S/C54H68N12O10S4/c1-31(67)46-54(76)65-44(53(75)63-42(47(57)69)28-79-80-45-17-9-11-23-58-45)30-78-77-29-43(64-48(70)37(56)24-32-12-4-2-5-13-32)52(74)61-40(25-33-18-20-35(68)21-19-33)50(72)62-41(26-34-27-59-38-15-8-7-14-36(34)38)51(73)60-39(49(71)66-46)16-6-3-10-22-55/h2,4-5,7-9,11-15,17-21,23,27,31,37,39-44,46,59,67-68H,3,6,10,16,22,24-26,28-30,55-56H2,1H3,(H2,57,69)(H,60,73)(H,61,74)(H,62,72)(H,63,75)(H,64,70)(H,65,76)(H,66,71)/t31-,37-,39+,40+,41-,42+,43+,44+,46+/m1/s1. The number of aliphatic hydroxyl groups excluding tert-OH is 1. The van der Waals surface area contributed by atoms with Crippen molar-refractivity contribution < 1.29 is 48.6 Å². The van der Waals surface area contributed by atoms with Crippen LogP contribution in [0.3, 0.4) is 0 Å². The third kappa shape index (κ3) is 19.5. The lowest BCUT2D eigenvalue weighted by atomic mass is 10.0. The Morgan fingerprint density at radius 2 is 1.41 bits per heavy atom. The van der Waals surface area contributed by atoms with E-state index in [4.69, 9.17) is 17.2 Å². The molecule has 16 N–H and O–H groups in total. The van der Waals surface area contributed by atoms with Crippen LogP contribution >= 0.6 is 43.2 Å². The number of fused-ring (bicyclic) bond motifs is 1. The molecule has 0 aliphatic carbocycles. The Morgan fingerprint density at radius 1 is 0.750 bits per heavy atom. The number of unbranched alkanes of at least 4 members (excludes halogenated alkanes) is 2. The van der Waals surface area contributed by atoms with E-state index in [1.54, 1.807) is 67.0 Å². The van der Waals surface area contributed by atoms with Crippen LogP contribution in [0.4, 0.5) is 0 Å². The number of H-pyrrole nitrogens is 1. The highest BCUT2D eigenvalue weighted by molar-refractivity contribution is 8.77. The molecular formula is C54H68N12O10S4. The molecule has 9 atom stereocenters. The van der Waals surface area contributed by atoms with E-state index in [1.165, 1.54) is 40.6 Å². The van der Waals surface area contributed by atoms with Gasteiger partial charge in [0.15, 0.2) is 0 Å². The highest BCUT2D eigenvalue weighted by Gasteiger charge is 2.37. The minimum atomic E-state index is -1.70. The number of aromatic hydroxyl groups is 1. The largest absolute Gasteiger partial charge is 0.508 e.